The highest BCUT2D eigenvalue weighted by Crippen LogP contribution is 2.09. The SMILES string of the molecule is Cn1sc(Cl)cc1=O.[Cl-].[H+]. The lowest BCUT2D eigenvalue weighted by molar-refractivity contribution is -0.00000160. The maximum absolute atomic E-state index is 10.5. The molecule has 0 aliphatic carbocycles. The third-order valence-electron chi connectivity index (χ3n) is 0.771. The molecular formula is C4H5Cl2NOS. The molecule has 0 atom stereocenters. The topological polar surface area (TPSA) is 22.0 Å². The smallest absolute Gasteiger partial charge is 1.00 e. The fourth-order valence-corrected chi connectivity index (χ4v) is 1.35. The van der Waals surface area contributed by atoms with Crippen LogP contribution in [0.15, 0.2) is 10.9 Å². The van der Waals surface area contributed by atoms with Gasteiger partial charge < -0.3 is 12.4 Å². The van der Waals surface area contributed by atoms with Crippen molar-refractivity contribution in [3.8, 4) is 0 Å². The summed E-state index contributed by atoms with van der Waals surface area (Å²) >= 11 is 6.70. The Bertz CT molecular complexity index is 246. The number of hydrogen-bond acceptors (Lipinski definition) is 2. The van der Waals surface area contributed by atoms with Gasteiger partial charge in [0.1, 0.15) is 4.34 Å². The first-order valence-electron chi connectivity index (χ1n) is 2.03. The maximum Gasteiger partial charge on any atom is 1.00 e. The molecule has 0 aliphatic rings. The number of aromatic nitrogens is 1. The van der Waals surface area contributed by atoms with Gasteiger partial charge in [0.2, 0.25) is 0 Å². The lowest BCUT2D eigenvalue weighted by Gasteiger charge is -1.77. The summed E-state index contributed by atoms with van der Waals surface area (Å²) in [5.74, 6) is 0. The van der Waals surface area contributed by atoms with Gasteiger partial charge in [0, 0.05) is 13.1 Å². The molecule has 1 rings (SSSR count). The van der Waals surface area contributed by atoms with E-state index in [1.807, 2.05) is 0 Å². The average molecular weight is 186 g/mol. The van der Waals surface area contributed by atoms with E-state index in [2.05, 4.69) is 0 Å². The van der Waals surface area contributed by atoms with Gasteiger partial charge in [-0.25, -0.2) is 0 Å². The zero-order valence-corrected chi connectivity index (χ0v) is 6.93. The van der Waals surface area contributed by atoms with Crippen LogP contribution < -0.4 is 18.0 Å². The summed E-state index contributed by atoms with van der Waals surface area (Å²) < 4.78 is 2.01. The van der Waals surface area contributed by atoms with Crippen molar-refractivity contribution in [1.29, 1.82) is 0 Å². The molecular weight excluding hydrogens is 181 g/mol. The Labute approximate surface area is 69.1 Å². The second-order valence-corrected chi connectivity index (χ2v) is 3.18. The number of aryl methyl sites for hydroxylation is 1. The lowest BCUT2D eigenvalue weighted by Crippen LogP contribution is -3.00. The van der Waals surface area contributed by atoms with Gasteiger partial charge in [0.25, 0.3) is 5.56 Å². The third-order valence-corrected chi connectivity index (χ3v) is 1.83. The van der Waals surface area contributed by atoms with Crippen molar-refractivity contribution in [1.82, 2.24) is 3.96 Å². The first kappa shape index (κ1) is 9.01. The summed E-state index contributed by atoms with van der Waals surface area (Å²) in [7, 11) is 1.68. The Hall–Kier alpha value is 0.01000. The van der Waals surface area contributed by atoms with Gasteiger partial charge in [-0.15, -0.1) is 0 Å². The molecule has 0 fully saturated rings. The van der Waals surface area contributed by atoms with Crippen molar-refractivity contribution in [2.24, 2.45) is 7.05 Å². The zero-order valence-electron chi connectivity index (χ0n) is 5.60. The Morgan fingerprint density at radius 3 is 2.56 bits per heavy atom. The van der Waals surface area contributed by atoms with Crippen LogP contribution in [0, 0.1) is 0 Å². The number of rotatable bonds is 0. The summed E-state index contributed by atoms with van der Waals surface area (Å²) in [6, 6.07) is 1.40. The number of nitrogens with zero attached hydrogens (tertiary/aromatic N) is 1. The maximum atomic E-state index is 10.5. The van der Waals surface area contributed by atoms with Crippen LogP contribution in [0.5, 0.6) is 0 Å². The lowest BCUT2D eigenvalue weighted by atomic mass is 10.7. The molecule has 1 aromatic rings. The van der Waals surface area contributed by atoms with E-state index >= 15 is 0 Å². The van der Waals surface area contributed by atoms with Crippen LogP contribution in [0.2, 0.25) is 4.34 Å². The Balaban J connectivity index is 0. The Morgan fingerprint density at radius 1 is 1.89 bits per heavy atom. The molecule has 0 saturated carbocycles. The molecule has 0 saturated heterocycles. The number of hydrogen-bond donors (Lipinski definition) is 0. The molecule has 0 bridgehead atoms. The summed E-state index contributed by atoms with van der Waals surface area (Å²) in [4.78, 5) is 10.5. The second kappa shape index (κ2) is 3.25. The van der Waals surface area contributed by atoms with E-state index in [1.54, 1.807) is 7.05 Å². The summed E-state index contributed by atoms with van der Waals surface area (Å²) in [5, 5.41) is 0. The van der Waals surface area contributed by atoms with Crippen LogP contribution in [0.4, 0.5) is 0 Å². The van der Waals surface area contributed by atoms with E-state index < -0.39 is 0 Å². The van der Waals surface area contributed by atoms with Crippen LogP contribution in [-0.4, -0.2) is 3.96 Å². The highest BCUT2D eigenvalue weighted by Gasteiger charge is 1.93. The summed E-state index contributed by atoms with van der Waals surface area (Å²) in [5.41, 5.74) is -0.0417. The van der Waals surface area contributed by atoms with E-state index in [4.69, 9.17) is 11.6 Å². The normalized spacial score (nSPS) is 8.67. The fourth-order valence-electron chi connectivity index (χ4n) is 0.390. The summed E-state index contributed by atoms with van der Waals surface area (Å²) in [6.07, 6.45) is 0. The minimum Gasteiger partial charge on any atom is -1.00 e. The molecule has 1 heterocycles. The van der Waals surface area contributed by atoms with E-state index in [-0.39, 0.29) is 19.4 Å². The van der Waals surface area contributed by atoms with E-state index in [0.717, 1.165) is 0 Å². The van der Waals surface area contributed by atoms with Gasteiger partial charge in [-0.2, -0.15) is 0 Å². The third kappa shape index (κ3) is 2.01. The van der Waals surface area contributed by atoms with Crippen molar-refractivity contribution in [2.75, 3.05) is 0 Å². The summed E-state index contributed by atoms with van der Waals surface area (Å²) in [6.45, 7) is 0. The molecule has 5 heteroatoms. The van der Waals surface area contributed by atoms with Crippen LogP contribution in [0.3, 0.4) is 0 Å². The Morgan fingerprint density at radius 2 is 2.44 bits per heavy atom. The van der Waals surface area contributed by atoms with Crippen LogP contribution >= 0.6 is 23.1 Å². The molecule has 0 spiro atoms. The van der Waals surface area contributed by atoms with Crippen LogP contribution in [-0.2, 0) is 7.05 Å². The molecule has 0 aromatic carbocycles. The quantitative estimate of drug-likeness (QED) is 0.469. The highest BCUT2D eigenvalue weighted by atomic mass is 35.5. The number of halogens is 2. The largest absolute Gasteiger partial charge is 1.00 e. The Kier molecular flexibility index (Phi) is 3.25. The standard InChI is InChI=1S/C4H4ClNOS.ClH/c1-6-4(7)2-3(5)8-6;/h2H,1H3;1H. The molecule has 2 nitrogen and oxygen atoms in total. The van der Waals surface area contributed by atoms with Crippen molar-refractivity contribution in [3.05, 3.63) is 20.8 Å². The molecule has 0 amide bonds. The molecule has 0 radical (unpaired) electrons. The molecule has 0 aliphatic heterocycles. The second-order valence-electron chi connectivity index (χ2n) is 1.38. The van der Waals surface area contributed by atoms with Gasteiger partial charge >= 0.3 is 1.43 Å². The van der Waals surface area contributed by atoms with Crippen LogP contribution in [0.1, 0.15) is 1.43 Å². The fraction of sp³-hybridized carbons (Fsp3) is 0.250. The van der Waals surface area contributed by atoms with E-state index in [1.165, 1.54) is 21.6 Å². The monoisotopic (exact) mass is 185 g/mol. The van der Waals surface area contributed by atoms with Gasteiger partial charge in [-0.05, 0) is 11.5 Å². The van der Waals surface area contributed by atoms with E-state index in [0.29, 0.717) is 4.34 Å². The van der Waals surface area contributed by atoms with Crippen molar-refractivity contribution in [2.45, 2.75) is 0 Å². The van der Waals surface area contributed by atoms with Gasteiger partial charge in [0.05, 0.1) is 0 Å². The van der Waals surface area contributed by atoms with E-state index in [9.17, 15) is 4.79 Å². The highest BCUT2D eigenvalue weighted by molar-refractivity contribution is 7.11. The predicted molar refractivity (Wildman–Crippen MR) is 35.7 cm³/mol. The minimum absolute atomic E-state index is 0. The van der Waals surface area contributed by atoms with Crippen LogP contribution in [0.25, 0.3) is 0 Å². The zero-order chi connectivity index (χ0) is 6.15. The molecule has 9 heavy (non-hydrogen) atoms. The van der Waals surface area contributed by atoms with Crippen molar-refractivity contribution in [3.63, 3.8) is 0 Å². The van der Waals surface area contributed by atoms with Gasteiger partial charge in [-0.1, -0.05) is 11.6 Å². The molecule has 52 valence electrons. The minimum atomic E-state index is -0.0417. The molecule has 0 N–H and O–H groups in total. The first-order valence-corrected chi connectivity index (χ1v) is 3.18. The van der Waals surface area contributed by atoms with Gasteiger partial charge in [-0.3, -0.25) is 8.75 Å². The molecule has 1 aromatic heterocycles. The van der Waals surface area contributed by atoms with Crippen molar-refractivity contribution < 1.29 is 13.8 Å². The predicted octanol–water partition coefficient (Wildman–Crippen LogP) is -1.78. The molecule has 0 unspecified atom stereocenters. The average Bonchev–Trinajstić information content (AvgIpc) is 1.85. The van der Waals surface area contributed by atoms with Gasteiger partial charge in [0.15, 0.2) is 0 Å². The first-order chi connectivity index (χ1) is 3.70. The van der Waals surface area contributed by atoms with Crippen molar-refractivity contribution >= 4 is 23.1 Å².